The van der Waals surface area contributed by atoms with Crippen molar-refractivity contribution in [2.24, 2.45) is 17.6 Å². The van der Waals surface area contributed by atoms with E-state index in [1.807, 2.05) is 42.5 Å². The number of anilines is 3. The summed E-state index contributed by atoms with van der Waals surface area (Å²) in [7, 11) is 0. The van der Waals surface area contributed by atoms with Gasteiger partial charge in [0.05, 0.1) is 4.92 Å². The van der Waals surface area contributed by atoms with Crippen LogP contribution in [0.5, 0.6) is 0 Å². The highest BCUT2D eigenvalue weighted by Gasteiger charge is 2.28. The number of nitrogens with zero attached hydrogens (tertiary/aromatic N) is 3. The zero-order chi connectivity index (χ0) is 21.1. The molecule has 0 unspecified atom stereocenters. The van der Waals surface area contributed by atoms with Crippen LogP contribution in [0, 0.1) is 22.0 Å². The third-order valence-electron chi connectivity index (χ3n) is 5.98. The van der Waals surface area contributed by atoms with Gasteiger partial charge >= 0.3 is 5.69 Å². The first-order valence-corrected chi connectivity index (χ1v) is 10.3. The van der Waals surface area contributed by atoms with Crippen LogP contribution >= 0.6 is 0 Å². The third-order valence-corrected chi connectivity index (χ3v) is 5.98. The van der Waals surface area contributed by atoms with Crippen LogP contribution in [-0.4, -0.2) is 21.4 Å². The number of nitrogens with one attached hydrogen (secondary N) is 1. The molecule has 1 fully saturated rings. The lowest BCUT2D eigenvalue weighted by Gasteiger charge is -2.27. The smallest absolute Gasteiger partial charge is 0.332 e. The van der Waals surface area contributed by atoms with Crippen LogP contribution in [0.2, 0.25) is 0 Å². The summed E-state index contributed by atoms with van der Waals surface area (Å²) in [4.78, 5) is 19.9. The van der Waals surface area contributed by atoms with Crippen molar-refractivity contribution in [3.8, 4) is 0 Å². The first kappa shape index (κ1) is 20.0. The summed E-state index contributed by atoms with van der Waals surface area (Å²) < 4.78 is 0. The van der Waals surface area contributed by atoms with Crippen molar-refractivity contribution < 1.29 is 4.92 Å². The number of hydrogen-bond donors (Lipinski definition) is 3. The molecule has 0 spiro atoms. The summed E-state index contributed by atoms with van der Waals surface area (Å²) >= 11 is 0. The van der Waals surface area contributed by atoms with Gasteiger partial charge < -0.3 is 16.8 Å². The van der Waals surface area contributed by atoms with Gasteiger partial charge in [0.2, 0.25) is 11.8 Å². The molecule has 4 rings (SSSR count). The maximum Gasteiger partial charge on any atom is 0.332 e. The minimum Gasteiger partial charge on any atom is -0.378 e. The van der Waals surface area contributed by atoms with Gasteiger partial charge in [-0.1, -0.05) is 36.4 Å². The number of fused-ring (bicyclic) bond motifs is 1. The maximum atomic E-state index is 11.6. The van der Waals surface area contributed by atoms with Gasteiger partial charge in [-0.2, -0.15) is 4.98 Å². The van der Waals surface area contributed by atoms with Crippen LogP contribution in [0.15, 0.2) is 42.5 Å². The van der Waals surface area contributed by atoms with Gasteiger partial charge in [0.25, 0.3) is 0 Å². The fraction of sp³-hybridized carbons (Fsp3) is 0.364. The lowest BCUT2D eigenvalue weighted by molar-refractivity contribution is -0.385. The third kappa shape index (κ3) is 4.18. The Hall–Kier alpha value is -3.26. The normalized spacial score (nSPS) is 19.0. The summed E-state index contributed by atoms with van der Waals surface area (Å²) in [5, 5.41) is 16.9. The second-order valence-electron chi connectivity index (χ2n) is 7.96. The molecular formula is C22H26N6O2. The Morgan fingerprint density at radius 2 is 1.73 bits per heavy atom. The average molecular weight is 406 g/mol. The molecule has 1 heterocycles. The Kier molecular flexibility index (Phi) is 5.76. The summed E-state index contributed by atoms with van der Waals surface area (Å²) in [6, 6.07) is 13.9. The predicted molar refractivity (Wildman–Crippen MR) is 119 cm³/mol. The fourth-order valence-corrected chi connectivity index (χ4v) is 4.32. The highest BCUT2D eigenvalue weighted by Crippen LogP contribution is 2.34. The van der Waals surface area contributed by atoms with Crippen LogP contribution in [0.1, 0.15) is 31.4 Å². The van der Waals surface area contributed by atoms with Crippen molar-refractivity contribution in [3.63, 3.8) is 0 Å². The largest absolute Gasteiger partial charge is 0.378 e. The van der Waals surface area contributed by atoms with E-state index >= 15 is 0 Å². The molecule has 156 valence electrons. The van der Waals surface area contributed by atoms with Crippen molar-refractivity contribution in [2.75, 3.05) is 17.6 Å². The maximum absolute atomic E-state index is 11.6. The van der Waals surface area contributed by atoms with E-state index in [0.717, 1.165) is 42.1 Å². The molecule has 1 saturated carbocycles. The Labute approximate surface area is 174 Å². The second-order valence-corrected chi connectivity index (χ2v) is 7.96. The van der Waals surface area contributed by atoms with E-state index in [1.165, 1.54) is 0 Å². The molecule has 0 saturated heterocycles. The topological polar surface area (TPSA) is 133 Å². The van der Waals surface area contributed by atoms with Crippen molar-refractivity contribution in [3.05, 3.63) is 58.3 Å². The second kappa shape index (κ2) is 8.62. The van der Waals surface area contributed by atoms with E-state index in [0.29, 0.717) is 30.5 Å². The SMILES string of the molecule is NCC1CCC(Cc2nc(Nc3cccc4ccccc34)nc(N)c2[N+](=O)[O-])CC1. The van der Waals surface area contributed by atoms with Crippen molar-refractivity contribution >= 4 is 33.9 Å². The lowest BCUT2D eigenvalue weighted by Crippen LogP contribution is -2.23. The van der Waals surface area contributed by atoms with Crippen LogP contribution in [0.4, 0.5) is 23.1 Å². The van der Waals surface area contributed by atoms with Gasteiger partial charge in [0.15, 0.2) is 0 Å². The summed E-state index contributed by atoms with van der Waals surface area (Å²) in [5.74, 6) is 1.06. The minimum absolute atomic E-state index is 0.108. The van der Waals surface area contributed by atoms with Gasteiger partial charge in [0.1, 0.15) is 5.69 Å². The molecule has 0 radical (unpaired) electrons. The van der Waals surface area contributed by atoms with Crippen LogP contribution in [-0.2, 0) is 6.42 Å². The number of benzene rings is 2. The number of nitrogens with two attached hydrogens (primary N) is 2. The van der Waals surface area contributed by atoms with Crippen molar-refractivity contribution in [1.29, 1.82) is 0 Å². The molecule has 8 heteroatoms. The molecule has 1 aromatic heterocycles. The Morgan fingerprint density at radius 1 is 1.03 bits per heavy atom. The Balaban J connectivity index is 1.64. The van der Waals surface area contributed by atoms with Crippen molar-refractivity contribution in [2.45, 2.75) is 32.1 Å². The minimum atomic E-state index is -0.474. The molecule has 5 N–H and O–H groups in total. The molecule has 0 aliphatic heterocycles. The molecular weight excluding hydrogens is 380 g/mol. The summed E-state index contributed by atoms with van der Waals surface area (Å²) in [6.45, 7) is 0.701. The standard InChI is InChI=1S/C22H26N6O2/c23-13-15-10-8-14(9-11-15)12-19-20(28(29)30)21(24)27-22(26-19)25-18-7-3-5-16-4-1-2-6-17(16)18/h1-7,14-15H,8-13,23H2,(H3,24,25,26,27). The monoisotopic (exact) mass is 406 g/mol. The van der Waals surface area contributed by atoms with E-state index < -0.39 is 4.92 Å². The zero-order valence-corrected chi connectivity index (χ0v) is 16.8. The zero-order valence-electron chi connectivity index (χ0n) is 16.8. The fourth-order valence-electron chi connectivity index (χ4n) is 4.32. The summed E-state index contributed by atoms with van der Waals surface area (Å²) in [6.07, 6.45) is 4.61. The van der Waals surface area contributed by atoms with Gasteiger partial charge in [-0.25, -0.2) is 4.98 Å². The molecule has 8 nitrogen and oxygen atoms in total. The molecule has 0 amide bonds. The molecule has 3 aromatic rings. The van der Waals surface area contributed by atoms with E-state index in [4.69, 9.17) is 11.5 Å². The predicted octanol–water partition coefficient (Wildman–Crippen LogP) is 4.17. The number of nitrogen functional groups attached to an aromatic ring is 1. The van der Waals surface area contributed by atoms with Gasteiger partial charge in [-0.15, -0.1) is 0 Å². The number of aromatic nitrogens is 2. The first-order valence-electron chi connectivity index (χ1n) is 10.3. The molecule has 0 atom stereocenters. The Morgan fingerprint density at radius 3 is 2.47 bits per heavy atom. The molecule has 1 aliphatic carbocycles. The number of rotatable bonds is 6. The quantitative estimate of drug-likeness (QED) is 0.413. The van der Waals surface area contributed by atoms with Crippen LogP contribution < -0.4 is 16.8 Å². The van der Waals surface area contributed by atoms with Crippen molar-refractivity contribution in [1.82, 2.24) is 9.97 Å². The Bertz CT molecular complexity index is 1060. The first-order chi connectivity index (χ1) is 14.5. The van der Waals surface area contributed by atoms with Gasteiger partial charge in [-0.05, 0) is 61.9 Å². The van der Waals surface area contributed by atoms with E-state index in [9.17, 15) is 10.1 Å². The number of hydrogen-bond acceptors (Lipinski definition) is 7. The van der Waals surface area contributed by atoms with Crippen LogP contribution in [0.3, 0.4) is 0 Å². The van der Waals surface area contributed by atoms with E-state index in [-0.39, 0.29) is 17.5 Å². The summed E-state index contributed by atoms with van der Waals surface area (Å²) in [5.41, 5.74) is 12.8. The lowest BCUT2D eigenvalue weighted by atomic mass is 9.80. The highest BCUT2D eigenvalue weighted by molar-refractivity contribution is 5.94. The van der Waals surface area contributed by atoms with E-state index in [2.05, 4.69) is 15.3 Å². The van der Waals surface area contributed by atoms with Crippen LogP contribution in [0.25, 0.3) is 10.8 Å². The van der Waals surface area contributed by atoms with Gasteiger partial charge in [0, 0.05) is 11.1 Å². The molecule has 0 bridgehead atoms. The number of nitro groups is 1. The molecule has 1 aliphatic rings. The highest BCUT2D eigenvalue weighted by atomic mass is 16.6. The molecule has 30 heavy (non-hydrogen) atoms. The average Bonchev–Trinajstić information content (AvgIpc) is 2.74. The van der Waals surface area contributed by atoms with E-state index in [1.54, 1.807) is 0 Å². The van der Waals surface area contributed by atoms with Gasteiger partial charge in [-0.3, -0.25) is 10.1 Å². The molecule has 2 aromatic carbocycles.